The molecule has 0 saturated heterocycles. The molecule has 2 N–H and O–H groups in total. The van der Waals surface area contributed by atoms with E-state index in [9.17, 15) is 10.1 Å². The number of rotatable bonds is 4. The number of aliphatic hydroxyl groups is 1. The van der Waals surface area contributed by atoms with Crippen LogP contribution in [0.25, 0.3) is 0 Å². The summed E-state index contributed by atoms with van der Waals surface area (Å²) in [6.07, 6.45) is 2.61. The van der Waals surface area contributed by atoms with Gasteiger partial charge in [-0.1, -0.05) is 0 Å². The molecule has 76 valence electrons. The van der Waals surface area contributed by atoms with Crippen LogP contribution in [0.3, 0.4) is 0 Å². The summed E-state index contributed by atoms with van der Waals surface area (Å²) >= 11 is 3.13. The Morgan fingerprint density at radius 2 is 2.36 bits per heavy atom. The van der Waals surface area contributed by atoms with E-state index in [-0.39, 0.29) is 18.8 Å². The molecule has 1 rings (SSSR count). The van der Waals surface area contributed by atoms with Gasteiger partial charge in [0.1, 0.15) is 11.9 Å². The Hall–Kier alpha value is -1.21. The van der Waals surface area contributed by atoms with Crippen LogP contribution in [0.5, 0.6) is 0 Å². The van der Waals surface area contributed by atoms with Crippen LogP contribution < -0.4 is 5.32 Å². The van der Waals surface area contributed by atoms with Gasteiger partial charge < -0.3 is 10.4 Å². The minimum Gasteiger partial charge on any atom is -0.395 e. The van der Waals surface area contributed by atoms with Gasteiger partial charge in [0.05, 0.1) is 16.0 Å². The lowest BCUT2D eigenvalue weighted by molar-refractivity contribution is -0.384. The number of aromatic nitrogens is 1. The van der Waals surface area contributed by atoms with Gasteiger partial charge in [0.2, 0.25) is 0 Å². The highest BCUT2D eigenvalue weighted by Crippen LogP contribution is 2.30. The first-order chi connectivity index (χ1) is 6.66. The fourth-order valence-electron chi connectivity index (χ4n) is 0.919. The predicted molar refractivity (Wildman–Crippen MR) is 54.2 cm³/mol. The van der Waals surface area contributed by atoms with Crippen LogP contribution in [0.15, 0.2) is 16.9 Å². The molecule has 0 aliphatic carbocycles. The summed E-state index contributed by atoms with van der Waals surface area (Å²) in [6.45, 7) is 0.162. The zero-order valence-electron chi connectivity index (χ0n) is 7.11. The Morgan fingerprint density at radius 3 is 2.93 bits per heavy atom. The number of nitro groups is 1. The van der Waals surface area contributed by atoms with Crippen molar-refractivity contribution in [3.8, 4) is 0 Å². The van der Waals surface area contributed by atoms with Gasteiger partial charge in [-0.05, 0) is 15.9 Å². The molecule has 0 atom stereocenters. The number of halogens is 1. The SMILES string of the molecule is O=[N+]([O-])c1cncc(Br)c1NCCO. The molecular formula is C7H8BrN3O3. The largest absolute Gasteiger partial charge is 0.395 e. The number of hydrogen-bond acceptors (Lipinski definition) is 5. The molecule has 0 aromatic carbocycles. The second-order valence-corrected chi connectivity index (χ2v) is 3.28. The second-order valence-electron chi connectivity index (χ2n) is 2.42. The molecule has 0 radical (unpaired) electrons. The lowest BCUT2D eigenvalue weighted by Gasteiger charge is -2.06. The molecule has 0 amide bonds. The summed E-state index contributed by atoms with van der Waals surface area (Å²) in [5, 5.41) is 21.9. The van der Waals surface area contributed by atoms with Crippen molar-refractivity contribution in [3.63, 3.8) is 0 Å². The van der Waals surface area contributed by atoms with Gasteiger partial charge in [-0.25, -0.2) is 0 Å². The second kappa shape index (κ2) is 4.87. The quantitative estimate of drug-likeness (QED) is 0.627. The third-order valence-electron chi connectivity index (χ3n) is 1.49. The van der Waals surface area contributed by atoms with Gasteiger partial charge in [0, 0.05) is 12.7 Å². The maximum atomic E-state index is 10.6. The molecule has 6 nitrogen and oxygen atoms in total. The van der Waals surface area contributed by atoms with Crippen LogP contribution in [0.4, 0.5) is 11.4 Å². The monoisotopic (exact) mass is 261 g/mol. The van der Waals surface area contributed by atoms with E-state index in [0.29, 0.717) is 10.2 Å². The van der Waals surface area contributed by atoms with Crippen LogP contribution in [-0.2, 0) is 0 Å². The van der Waals surface area contributed by atoms with E-state index in [4.69, 9.17) is 5.11 Å². The first kappa shape index (κ1) is 10.9. The highest BCUT2D eigenvalue weighted by molar-refractivity contribution is 9.10. The lowest BCUT2D eigenvalue weighted by atomic mass is 10.3. The first-order valence-electron chi connectivity index (χ1n) is 3.79. The normalized spacial score (nSPS) is 9.86. The summed E-state index contributed by atoms with van der Waals surface area (Å²) < 4.78 is 0.500. The van der Waals surface area contributed by atoms with E-state index in [1.807, 2.05) is 0 Å². The number of nitrogens with zero attached hydrogens (tertiary/aromatic N) is 2. The smallest absolute Gasteiger partial charge is 0.311 e. The Kier molecular flexibility index (Phi) is 3.78. The van der Waals surface area contributed by atoms with Crippen molar-refractivity contribution in [1.82, 2.24) is 4.98 Å². The molecule has 0 unspecified atom stereocenters. The molecule has 0 saturated carbocycles. The van der Waals surface area contributed by atoms with Gasteiger partial charge >= 0.3 is 5.69 Å². The van der Waals surface area contributed by atoms with E-state index >= 15 is 0 Å². The molecule has 0 spiro atoms. The maximum Gasteiger partial charge on any atom is 0.311 e. The molecule has 14 heavy (non-hydrogen) atoms. The third kappa shape index (κ3) is 2.39. The van der Waals surface area contributed by atoms with Gasteiger partial charge in [-0.15, -0.1) is 0 Å². The number of anilines is 1. The van der Waals surface area contributed by atoms with E-state index < -0.39 is 4.92 Å². The Morgan fingerprint density at radius 1 is 1.64 bits per heavy atom. The molecule has 0 aliphatic rings. The molecule has 7 heteroatoms. The fourth-order valence-corrected chi connectivity index (χ4v) is 1.38. The highest BCUT2D eigenvalue weighted by atomic mass is 79.9. The van der Waals surface area contributed by atoms with Crippen molar-refractivity contribution in [2.24, 2.45) is 0 Å². The summed E-state index contributed by atoms with van der Waals surface area (Å²) in [7, 11) is 0. The average molecular weight is 262 g/mol. The van der Waals surface area contributed by atoms with Crippen LogP contribution in [0, 0.1) is 10.1 Å². The standard InChI is InChI=1S/C7H8BrN3O3/c8-5-3-9-4-6(11(13)14)7(5)10-1-2-12/h3-4,12H,1-2H2,(H,9,10). The molecule has 1 aromatic rings. The summed E-state index contributed by atoms with van der Waals surface area (Å²) in [6, 6.07) is 0. The molecule has 1 heterocycles. The van der Waals surface area contributed by atoms with Crippen LogP contribution in [0.1, 0.15) is 0 Å². The minimum atomic E-state index is -0.530. The van der Waals surface area contributed by atoms with Crippen LogP contribution >= 0.6 is 15.9 Å². The van der Waals surface area contributed by atoms with E-state index in [1.54, 1.807) is 0 Å². The van der Waals surface area contributed by atoms with Crippen molar-refractivity contribution in [3.05, 3.63) is 27.0 Å². The van der Waals surface area contributed by atoms with Crippen molar-refractivity contribution in [1.29, 1.82) is 0 Å². The average Bonchev–Trinajstić information content (AvgIpc) is 2.15. The van der Waals surface area contributed by atoms with Gasteiger partial charge in [-0.2, -0.15) is 0 Å². The van der Waals surface area contributed by atoms with Gasteiger partial charge in [0.25, 0.3) is 0 Å². The maximum absolute atomic E-state index is 10.6. The topological polar surface area (TPSA) is 88.3 Å². The molecule has 0 aliphatic heterocycles. The highest BCUT2D eigenvalue weighted by Gasteiger charge is 2.16. The Bertz CT molecular complexity index is 345. The molecule has 1 aromatic heterocycles. The van der Waals surface area contributed by atoms with E-state index in [0.717, 1.165) is 6.20 Å². The summed E-state index contributed by atoms with van der Waals surface area (Å²) in [5.41, 5.74) is 0.215. The fraction of sp³-hybridized carbons (Fsp3) is 0.286. The van der Waals surface area contributed by atoms with Crippen LogP contribution in [-0.4, -0.2) is 28.2 Å². The molecular weight excluding hydrogens is 254 g/mol. The van der Waals surface area contributed by atoms with Crippen LogP contribution in [0.2, 0.25) is 0 Å². The van der Waals surface area contributed by atoms with E-state index in [1.165, 1.54) is 6.20 Å². The Labute approximate surface area is 88.2 Å². The predicted octanol–water partition coefficient (Wildman–Crippen LogP) is 1.16. The van der Waals surface area contributed by atoms with Crippen molar-refractivity contribution in [2.75, 3.05) is 18.5 Å². The zero-order chi connectivity index (χ0) is 10.6. The first-order valence-corrected chi connectivity index (χ1v) is 4.58. The minimum absolute atomic E-state index is 0.0914. The molecule has 0 bridgehead atoms. The number of pyridine rings is 1. The number of hydrogen-bond donors (Lipinski definition) is 2. The van der Waals surface area contributed by atoms with Gasteiger partial charge in [-0.3, -0.25) is 15.1 Å². The molecule has 0 fully saturated rings. The van der Waals surface area contributed by atoms with Crippen molar-refractivity contribution in [2.45, 2.75) is 0 Å². The third-order valence-corrected chi connectivity index (χ3v) is 2.09. The lowest BCUT2D eigenvalue weighted by Crippen LogP contribution is -2.08. The summed E-state index contributed by atoms with van der Waals surface area (Å²) in [4.78, 5) is 13.7. The Balaban J connectivity index is 3.02. The van der Waals surface area contributed by atoms with Crippen molar-refractivity contribution < 1.29 is 10.0 Å². The van der Waals surface area contributed by atoms with Gasteiger partial charge in [0.15, 0.2) is 0 Å². The summed E-state index contributed by atoms with van der Waals surface area (Å²) in [5.74, 6) is 0. The number of nitrogens with one attached hydrogen (secondary N) is 1. The number of aliphatic hydroxyl groups excluding tert-OH is 1. The van der Waals surface area contributed by atoms with Crippen molar-refractivity contribution >= 4 is 27.3 Å². The zero-order valence-corrected chi connectivity index (χ0v) is 8.69. The van der Waals surface area contributed by atoms with E-state index in [2.05, 4.69) is 26.2 Å².